The summed E-state index contributed by atoms with van der Waals surface area (Å²) in [5.41, 5.74) is 3.10. The Labute approximate surface area is 217 Å². The van der Waals surface area contributed by atoms with E-state index in [-0.39, 0.29) is 5.69 Å². The molecule has 0 amide bonds. The average molecular weight is 528 g/mol. The SMILES string of the molecule is CC(Oc1ccc2[nH]nc(/C(F)=C\c3ccc(CN4CCOCC4)nc3)c2c1)c1c(Cl)cncc1Cl. The van der Waals surface area contributed by atoms with E-state index in [1.807, 2.05) is 19.1 Å². The van der Waals surface area contributed by atoms with Crippen LogP contribution in [-0.2, 0) is 11.3 Å². The first-order chi connectivity index (χ1) is 17.5. The number of nitrogens with one attached hydrogen (secondary N) is 1. The van der Waals surface area contributed by atoms with E-state index in [1.54, 1.807) is 24.4 Å². The molecular formula is C26H24Cl2FN5O2. The first-order valence-corrected chi connectivity index (χ1v) is 12.3. The number of H-pyrrole nitrogens is 1. The summed E-state index contributed by atoms with van der Waals surface area (Å²) in [4.78, 5) is 10.8. The highest BCUT2D eigenvalue weighted by Gasteiger charge is 2.18. The van der Waals surface area contributed by atoms with E-state index in [0.29, 0.717) is 37.8 Å². The molecule has 5 rings (SSSR count). The van der Waals surface area contributed by atoms with Crippen molar-refractivity contribution in [2.24, 2.45) is 0 Å². The summed E-state index contributed by atoms with van der Waals surface area (Å²) in [5.74, 6) is 0.0536. The lowest BCUT2D eigenvalue weighted by Gasteiger charge is -2.26. The van der Waals surface area contributed by atoms with Gasteiger partial charge in [0, 0.05) is 49.2 Å². The Morgan fingerprint density at radius 3 is 2.67 bits per heavy atom. The number of ether oxygens (including phenoxy) is 2. The van der Waals surface area contributed by atoms with Crippen LogP contribution in [0.1, 0.15) is 35.5 Å². The minimum Gasteiger partial charge on any atom is -0.486 e. The van der Waals surface area contributed by atoms with Crippen LogP contribution >= 0.6 is 23.2 Å². The van der Waals surface area contributed by atoms with Crippen molar-refractivity contribution in [3.8, 4) is 5.75 Å². The van der Waals surface area contributed by atoms with Crippen molar-refractivity contribution in [3.05, 3.63) is 81.5 Å². The molecule has 0 aliphatic carbocycles. The summed E-state index contributed by atoms with van der Waals surface area (Å²) in [6.45, 7) is 5.83. The molecule has 36 heavy (non-hydrogen) atoms. The Morgan fingerprint density at radius 1 is 1.17 bits per heavy atom. The predicted molar refractivity (Wildman–Crippen MR) is 139 cm³/mol. The fourth-order valence-corrected chi connectivity index (χ4v) is 4.81. The summed E-state index contributed by atoms with van der Waals surface area (Å²) in [7, 11) is 0. The highest BCUT2D eigenvalue weighted by molar-refractivity contribution is 6.35. The zero-order chi connectivity index (χ0) is 25.1. The summed E-state index contributed by atoms with van der Waals surface area (Å²) in [6, 6.07) is 9.09. The van der Waals surface area contributed by atoms with Crippen molar-refractivity contribution < 1.29 is 13.9 Å². The Morgan fingerprint density at radius 2 is 1.94 bits per heavy atom. The Hall–Kier alpha value is -3.04. The number of fused-ring (bicyclic) bond motifs is 1. The summed E-state index contributed by atoms with van der Waals surface area (Å²) in [5, 5.41) is 8.48. The highest BCUT2D eigenvalue weighted by Crippen LogP contribution is 2.34. The van der Waals surface area contributed by atoms with Crippen molar-refractivity contribution in [1.82, 2.24) is 25.1 Å². The van der Waals surface area contributed by atoms with Crippen LogP contribution < -0.4 is 4.74 Å². The Balaban J connectivity index is 1.34. The van der Waals surface area contributed by atoms with Gasteiger partial charge in [0.05, 0.1) is 34.5 Å². The van der Waals surface area contributed by atoms with E-state index in [0.717, 1.165) is 38.5 Å². The molecule has 1 atom stereocenters. The van der Waals surface area contributed by atoms with Crippen LogP contribution in [0.5, 0.6) is 5.75 Å². The van der Waals surface area contributed by atoms with Crippen molar-refractivity contribution in [1.29, 1.82) is 0 Å². The number of aromatic nitrogens is 4. The van der Waals surface area contributed by atoms with Crippen LogP contribution in [0.25, 0.3) is 22.8 Å². The first-order valence-electron chi connectivity index (χ1n) is 11.5. The van der Waals surface area contributed by atoms with Crippen LogP contribution in [0, 0.1) is 0 Å². The molecule has 1 aliphatic heterocycles. The van der Waals surface area contributed by atoms with Crippen LogP contribution in [0.2, 0.25) is 10.0 Å². The molecule has 3 aromatic heterocycles. The van der Waals surface area contributed by atoms with Crippen molar-refractivity contribution >= 4 is 46.0 Å². The predicted octanol–water partition coefficient (Wildman–Crippen LogP) is 6.10. The molecular weight excluding hydrogens is 504 g/mol. The van der Waals surface area contributed by atoms with E-state index < -0.39 is 11.9 Å². The number of hydrogen-bond acceptors (Lipinski definition) is 6. The lowest BCUT2D eigenvalue weighted by Crippen LogP contribution is -2.35. The molecule has 0 radical (unpaired) electrons. The maximum atomic E-state index is 15.3. The third-order valence-corrected chi connectivity index (χ3v) is 6.60. The van der Waals surface area contributed by atoms with E-state index in [4.69, 9.17) is 32.7 Å². The molecule has 0 bridgehead atoms. The van der Waals surface area contributed by atoms with Gasteiger partial charge in [-0.15, -0.1) is 0 Å². The van der Waals surface area contributed by atoms with Gasteiger partial charge in [0.1, 0.15) is 17.5 Å². The van der Waals surface area contributed by atoms with E-state index >= 15 is 4.39 Å². The minimum absolute atomic E-state index is 0.195. The molecule has 0 saturated carbocycles. The van der Waals surface area contributed by atoms with Crippen LogP contribution in [0.4, 0.5) is 4.39 Å². The van der Waals surface area contributed by atoms with Gasteiger partial charge in [-0.05, 0) is 42.8 Å². The van der Waals surface area contributed by atoms with Crippen molar-refractivity contribution in [2.45, 2.75) is 19.6 Å². The third kappa shape index (κ3) is 5.52. The van der Waals surface area contributed by atoms with Crippen molar-refractivity contribution in [3.63, 3.8) is 0 Å². The zero-order valence-corrected chi connectivity index (χ0v) is 21.1. The molecule has 1 aliphatic rings. The van der Waals surface area contributed by atoms with Gasteiger partial charge in [0.2, 0.25) is 0 Å². The van der Waals surface area contributed by atoms with E-state index in [9.17, 15) is 0 Å². The summed E-state index contributed by atoms with van der Waals surface area (Å²) in [6.07, 6.45) is 5.69. The highest BCUT2D eigenvalue weighted by atomic mass is 35.5. The monoisotopic (exact) mass is 527 g/mol. The molecule has 4 aromatic rings. The fraction of sp³-hybridized carbons (Fsp3) is 0.269. The molecule has 186 valence electrons. The second kappa shape index (κ2) is 10.9. The Kier molecular flexibility index (Phi) is 7.48. The largest absolute Gasteiger partial charge is 0.486 e. The topological polar surface area (TPSA) is 76.2 Å². The average Bonchev–Trinajstić information content (AvgIpc) is 3.29. The number of rotatable bonds is 7. The normalized spacial score (nSPS) is 15.8. The van der Waals surface area contributed by atoms with Crippen LogP contribution in [0.15, 0.2) is 48.9 Å². The molecule has 1 N–H and O–H groups in total. The lowest BCUT2D eigenvalue weighted by atomic mass is 10.1. The zero-order valence-electron chi connectivity index (χ0n) is 19.5. The smallest absolute Gasteiger partial charge is 0.151 e. The van der Waals surface area contributed by atoms with Crippen LogP contribution in [0.3, 0.4) is 0 Å². The quantitative estimate of drug-likeness (QED) is 0.313. The number of aromatic amines is 1. The molecule has 0 spiro atoms. The number of pyridine rings is 2. The fourth-order valence-electron chi connectivity index (χ4n) is 4.14. The molecule has 1 saturated heterocycles. The number of morpholine rings is 1. The van der Waals surface area contributed by atoms with Gasteiger partial charge in [-0.3, -0.25) is 20.0 Å². The molecule has 10 heteroatoms. The molecule has 1 unspecified atom stereocenters. The summed E-state index contributed by atoms with van der Waals surface area (Å²) >= 11 is 12.5. The number of halogens is 3. The van der Waals surface area contributed by atoms with Gasteiger partial charge in [-0.2, -0.15) is 5.10 Å². The standard InChI is InChI=1S/C26H24Cl2FN5O2/c1-16(25-21(27)13-30-14-22(25)28)36-19-4-5-24-20(11-19)26(33-32-24)23(29)10-17-2-3-18(31-12-17)15-34-6-8-35-9-7-34/h2-5,10-14,16H,6-9,15H2,1H3,(H,32,33)/b23-10+. The lowest BCUT2D eigenvalue weighted by molar-refractivity contribution is 0.0336. The number of hydrogen-bond donors (Lipinski definition) is 1. The minimum atomic E-state index is -0.477. The van der Waals surface area contributed by atoms with Gasteiger partial charge < -0.3 is 9.47 Å². The van der Waals surface area contributed by atoms with E-state index in [1.165, 1.54) is 18.5 Å². The van der Waals surface area contributed by atoms with Gasteiger partial charge in [0.25, 0.3) is 0 Å². The van der Waals surface area contributed by atoms with Gasteiger partial charge in [0.15, 0.2) is 5.83 Å². The number of nitrogens with zero attached hydrogens (tertiary/aromatic N) is 4. The molecule has 1 aromatic carbocycles. The number of benzene rings is 1. The summed E-state index contributed by atoms with van der Waals surface area (Å²) < 4.78 is 26.7. The first kappa shape index (κ1) is 24.6. The van der Waals surface area contributed by atoms with Gasteiger partial charge >= 0.3 is 0 Å². The molecule has 4 heterocycles. The molecule has 1 fully saturated rings. The van der Waals surface area contributed by atoms with Gasteiger partial charge in [-0.25, -0.2) is 4.39 Å². The van der Waals surface area contributed by atoms with Gasteiger partial charge in [-0.1, -0.05) is 29.3 Å². The van der Waals surface area contributed by atoms with Crippen LogP contribution in [-0.4, -0.2) is 51.4 Å². The van der Waals surface area contributed by atoms with E-state index in [2.05, 4.69) is 25.1 Å². The third-order valence-electron chi connectivity index (χ3n) is 6.00. The van der Waals surface area contributed by atoms with Crippen molar-refractivity contribution in [2.75, 3.05) is 26.3 Å². The maximum absolute atomic E-state index is 15.3. The maximum Gasteiger partial charge on any atom is 0.151 e. The second-order valence-corrected chi connectivity index (χ2v) is 9.33. The Bertz CT molecular complexity index is 1370. The second-order valence-electron chi connectivity index (χ2n) is 8.52. The molecule has 7 nitrogen and oxygen atoms in total.